The average Bonchev–Trinajstić information content (AvgIpc) is 3.22. The third kappa shape index (κ3) is 3.97. The Bertz CT molecular complexity index is 809. The number of aromatic nitrogens is 2. The number of hydrogen-bond acceptors (Lipinski definition) is 5. The van der Waals surface area contributed by atoms with Crippen molar-refractivity contribution in [1.29, 1.82) is 0 Å². The maximum atomic E-state index is 12.8. The van der Waals surface area contributed by atoms with Crippen LogP contribution in [-0.4, -0.2) is 69.8 Å². The van der Waals surface area contributed by atoms with Crippen molar-refractivity contribution in [3.05, 3.63) is 36.8 Å². The fourth-order valence-corrected chi connectivity index (χ4v) is 3.22. The molecule has 2 heterocycles. The van der Waals surface area contributed by atoms with Crippen LogP contribution < -0.4 is 10.5 Å². The molecule has 3 N–H and O–H groups in total. The molecule has 1 saturated heterocycles. The maximum absolute atomic E-state index is 12.8. The number of nitrogens with two attached hydrogens (primary N) is 1. The van der Waals surface area contributed by atoms with Gasteiger partial charge in [0, 0.05) is 37.9 Å². The topological polar surface area (TPSA) is 109 Å². The number of carbonyl (C=O) groups is 1. The minimum Gasteiger partial charge on any atom is -0.497 e. The van der Waals surface area contributed by atoms with E-state index in [-0.39, 0.29) is 18.0 Å². The highest BCUT2D eigenvalue weighted by Gasteiger charge is 2.27. The highest BCUT2D eigenvalue weighted by molar-refractivity contribution is 5.79. The zero-order valence-corrected chi connectivity index (χ0v) is 15.4. The molecule has 144 valence electrons. The number of ether oxygens (including phenoxy) is 1. The summed E-state index contributed by atoms with van der Waals surface area (Å²) in [6, 6.07) is 7.48. The predicted octanol–water partition coefficient (Wildman–Crippen LogP) is 1.63. The number of methoxy groups -OCH3 is 1. The standard InChI is InChI=1S/C18H24N6O3/c1-22(14-7-9-23(10-8-14)17(19)21-26)18(25)24-11-16(20-12-24)13-3-5-15(27-2)6-4-13/h3-6,11-12,14,26H,7-10H2,1-2H3,(H2,19,21). The van der Waals surface area contributed by atoms with Crippen LogP contribution in [0.1, 0.15) is 12.8 Å². The Morgan fingerprint density at radius 2 is 2.00 bits per heavy atom. The number of imidazole rings is 1. The average molecular weight is 372 g/mol. The first-order valence-corrected chi connectivity index (χ1v) is 8.71. The molecular formula is C18H24N6O3. The van der Waals surface area contributed by atoms with E-state index >= 15 is 0 Å². The summed E-state index contributed by atoms with van der Waals surface area (Å²) in [7, 11) is 3.41. The molecule has 1 fully saturated rings. The summed E-state index contributed by atoms with van der Waals surface area (Å²) in [5, 5.41) is 11.8. The van der Waals surface area contributed by atoms with Gasteiger partial charge in [-0.1, -0.05) is 5.16 Å². The molecule has 0 unspecified atom stereocenters. The van der Waals surface area contributed by atoms with Gasteiger partial charge in [0.1, 0.15) is 12.1 Å². The van der Waals surface area contributed by atoms with Crippen LogP contribution in [0.25, 0.3) is 11.3 Å². The third-order valence-corrected chi connectivity index (χ3v) is 4.93. The predicted molar refractivity (Wildman–Crippen MR) is 101 cm³/mol. The van der Waals surface area contributed by atoms with Crippen LogP contribution in [0.3, 0.4) is 0 Å². The van der Waals surface area contributed by atoms with E-state index < -0.39 is 0 Å². The molecule has 1 amide bonds. The lowest BCUT2D eigenvalue weighted by Gasteiger charge is -2.36. The number of oxime groups is 1. The summed E-state index contributed by atoms with van der Waals surface area (Å²) in [5.41, 5.74) is 7.26. The van der Waals surface area contributed by atoms with Crippen molar-refractivity contribution in [3.8, 4) is 17.0 Å². The lowest BCUT2D eigenvalue weighted by Crippen LogP contribution is -2.49. The first-order valence-electron chi connectivity index (χ1n) is 8.71. The fourth-order valence-electron chi connectivity index (χ4n) is 3.22. The number of nitrogens with zero attached hydrogens (tertiary/aromatic N) is 5. The summed E-state index contributed by atoms with van der Waals surface area (Å²) in [6.45, 7) is 1.28. The van der Waals surface area contributed by atoms with Crippen LogP contribution in [0.4, 0.5) is 4.79 Å². The van der Waals surface area contributed by atoms with Gasteiger partial charge in [0.15, 0.2) is 0 Å². The van der Waals surface area contributed by atoms with Crippen molar-refractivity contribution in [1.82, 2.24) is 19.4 Å². The van der Waals surface area contributed by atoms with Crippen LogP contribution in [-0.2, 0) is 0 Å². The van der Waals surface area contributed by atoms with Gasteiger partial charge >= 0.3 is 6.03 Å². The van der Waals surface area contributed by atoms with Crippen LogP contribution >= 0.6 is 0 Å². The van der Waals surface area contributed by atoms with Gasteiger partial charge in [0.05, 0.1) is 12.8 Å². The van der Waals surface area contributed by atoms with Crippen molar-refractivity contribution < 1.29 is 14.7 Å². The summed E-state index contributed by atoms with van der Waals surface area (Å²) in [6.07, 6.45) is 4.76. The van der Waals surface area contributed by atoms with E-state index in [0.29, 0.717) is 13.1 Å². The number of rotatable bonds is 3. The van der Waals surface area contributed by atoms with Gasteiger partial charge in [0.25, 0.3) is 0 Å². The number of carbonyl (C=O) groups excluding carboxylic acids is 1. The van der Waals surface area contributed by atoms with Gasteiger partial charge in [0.2, 0.25) is 5.96 Å². The molecule has 9 nitrogen and oxygen atoms in total. The van der Waals surface area contributed by atoms with Crippen LogP contribution in [0, 0.1) is 0 Å². The smallest absolute Gasteiger partial charge is 0.329 e. The van der Waals surface area contributed by atoms with Gasteiger partial charge in [-0.2, -0.15) is 0 Å². The molecular weight excluding hydrogens is 348 g/mol. The van der Waals surface area contributed by atoms with Gasteiger partial charge in [-0.15, -0.1) is 0 Å². The van der Waals surface area contributed by atoms with E-state index in [4.69, 9.17) is 15.7 Å². The summed E-state index contributed by atoms with van der Waals surface area (Å²) in [5.74, 6) is 0.883. The van der Waals surface area contributed by atoms with E-state index in [0.717, 1.165) is 29.8 Å². The van der Waals surface area contributed by atoms with Crippen molar-refractivity contribution >= 4 is 12.0 Å². The molecule has 1 aromatic carbocycles. The summed E-state index contributed by atoms with van der Waals surface area (Å²) < 4.78 is 6.65. The lowest BCUT2D eigenvalue weighted by atomic mass is 10.0. The summed E-state index contributed by atoms with van der Waals surface area (Å²) in [4.78, 5) is 20.7. The molecule has 0 saturated carbocycles. The van der Waals surface area contributed by atoms with E-state index in [1.54, 1.807) is 30.2 Å². The molecule has 0 bridgehead atoms. The van der Waals surface area contributed by atoms with Gasteiger partial charge in [-0.3, -0.25) is 4.57 Å². The fraction of sp³-hybridized carbons (Fsp3) is 0.389. The molecule has 1 aliphatic rings. The van der Waals surface area contributed by atoms with Crippen LogP contribution in [0.15, 0.2) is 41.9 Å². The Hall–Kier alpha value is -3.23. The zero-order valence-electron chi connectivity index (χ0n) is 15.4. The van der Waals surface area contributed by atoms with E-state index in [1.807, 2.05) is 24.3 Å². The molecule has 1 aliphatic heterocycles. The molecule has 3 rings (SSSR count). The first kappa shape index (κ1) is 18.6. The van der Waals surface area contributed by atoms with Crippen LogP contribution in [0.2, 0.25) is 0 Å². The number of likely N-dealkylation sites (tertiary alicyclic amines) is 1. The second-order valence-corrected chi connectivity index (χ2v) is 6.46. The van der Waals surface area contributed by atoms with E-state index in [9.17, 15) is 4.79 Å². The molecule has 2 aromatic rings. The Balaban J connectivity index is 1.65. The number of guanidine groups is 1. The number of hydrogen-bond donors (Lipinski definition) is 2. The Labute approximate surface area is 157 Å². The zero-order chi connectivity index (χ0) is 19.4. The molecule has 27 heavy (non-hydrogen) atoms. The minimum absolute atomic E-state index is 0.0899. The second kappa shape index (κ2) is 7.98. The number of piperidine rings is 1. The molecule has 0 spiro atoms. The van der Waals surface area contributed by atoms with Crippen molar-refractivity contribution in [2.45, 2.75) is 18.9 Å². The normalized spacial score (nSPS) is 15.6. The van der Waals surface area contributed by atoms with E-state index in [2.05, 4.69) is 10.1 Å². The van der Waals surface area contributed by atoms with Gasteiger partial charge < -0.3 is 25.5 Å². The molecule has 0 aliphatic carbocycles. The Morgan fingerprint density at radius 1 is 1.33 bits per heavy atom. The number of amides is 1. The molecule has 9 heteroatoms. The first-order chi connectivity index (χ1) is 13.0. The van der Waals surface area contributed by atoms with Gasteiger partial charge in [-0.25, -0.2) is 9.78 Å². The Kier molecular flexibility index (Phi) is 5.49. The van der Waals surface area contributed by atoms with Crippen molar-refractivity contribution in [2.24, 2.45) is 10.9 Å². The van der Waals surface area contributed by atoms with Crippen molar-refractivity contribution in [3.63, 3.8) is 0 Å². The highest BCUT2D eigenvalue weighted by Crippen LogP contribution is 2.21. The SMILES string of the molecule is COc1ccc(-c2cn(C(=O)N(C)C3CCN(C(N)=NO)CC3)cn2)cc1. The quantitative estimate of drug-likeness (QED) is 0.367. The third-order valence-electron chi connectivity index (χ3n) is 4.93. The molecule has 0 atom stereocenters. The summed E-state index contributed by atoms with van der Waals surface area (Å²) >= 11 is 0. The van der Waals surface area contributed by atoms with Crippen LogP contribution in [0.5, 0.6) is 5.75 Å². The van der Waals surface area contributed by atoms with Gasteiger partial charge in [-0.05, 0) is 37.1 Å². The largest absolute Gasteiger partial charge is 0.497 e. The lowest BCUT2D eigenvalue weighted by molar-refractivity contribution is 0.159. The Morgan fingerprint density at radius 3 is 2.59 bits per heavy atom. The minimum atomic E-state index is -0.135. The van der Waals surface area contributed by atoms with E-state index in [1.165, 1.54) is 10.9 Å². The molecule has 1 aromatic heterocycles. The maximum Gasteiger partial charge on any atom is 0.329 e. The number of benzene rings is 1. The monoisotopic (exact) mass is 372 g/mol. The molecule has 0 radical (unpaired) electrons. The second-order valence-electron chi connectivity index (χ2n) is 6.46. The van der Waals surface area contributed by atoms with Crippen molar-refractivity contribution in [2.75, 3.05) is 27.2 Å². The highest BCUT2D eigenvalue weighted by atomic mass is 16.5.